The van der Waals surface area contributed by atoms with Crippen molar-refractivity contribution in [2.45, 2.75) is 19.9 Å². The fourth-order valence-corrected chi connectivity index (χ4v) is 3.44. The molecule has 2 amide bonds. The number of nitrogens with one attached hydrogen (secondary N) is 1. The van der Waals surface area contributed by atoms with Crippen molar-refractivity contribution in [3.05, 3.63) is 39.9 Å². The molecule has 0 saturated carbocycles. The number of aryl methyl sites for hydroxylation is 1. The molecule has 0 unspecified atom stereocenters. The van der Waals surface area contributed by atoms with Crippen LogP contribution < -0.4 is 5.32 Å². The normalized spacial score (nSPS) is 15.3. The zero-order chi connectivity index (χ0) is 17.6. The largest absolute Gasteiger partial charge is 0.360 e. The van der Waals surface area contributed by atoms with E-state index in [9.17, 15) is 9.59 Å². The van der Waals surface area contributed by atoms with E-state index < -0.39 is 0 Å². The summed E-state index contributed by atoms with van der Waals surface area (Å²) in [5.74, 6) is 0.815. The summed E-state index contributed by atoms with van der Waals surface area (Å²) < 4.78 is 5.24. The zero-order valence-corrected chi connectivity index (χ0v) is 15.1. The molecule has 0 atom stereocenters. The van der Waals surface area contributed by atoms with Gasteiger partial charge in [0.1, 0.15) is 0 Å². The average Bonchev–Trinajstić information content (AvgIpc) is 3.27. The number of carbonyl (C=O) groups excluding carboxylic acids is 2. The summed E-state index contributed by atoms with van der Waals surface area (Å²) in [6.07, 6.45) is 0.331. The molecule has 1 N–H and O–H groups in total. The van der Waals surface area contributed by atoms with Crippen LogP contribution >= 0.6 is 11.3 Å². The summed E-state index contributed by atoms with van der Waals surface area (Å²) >= 11 is 1.48. The smallest absolute Gasteiger partial charge is 0.252 e. The molecular weight excluding hydrogens is 340 g/mol. The van der Waals surface area contributed by atoms with Gasteiger partial charge in [0, 0.05) is 56.2 Å². The quantitative estimate of drug-likeness (QED) is 0.843. The Morgan fingerprint density at radius 2 is 2.12 bits per heavy atom. The first kappa shape index (κ1) is 17.6. The highest BCUT2D eigenvalue weighted by molar-refractivity contribution is 7.08. The van der Waals surface area contributed by atoms with E-state index in [-0.39, 0.29) is 11.8 Å². The molecule has 0 aliphatic carbocycles. The van der Waals surface area contributed by atoms with Crippen LogP contribution in [0.4, 0.5) is 0 Å². The Labute approximate surface area is 150 Å². The van der Waals surface area contributed by atoms with Crippen LogP contribution in [0.2, 0.25) is 0 Å². The van der Waals surface area contributed by atoms with Gasteiger partial charge < -0.3 is 14.7 Å². The van der Waals surface area contributed by atoms with Gasteiger partial charge in [-0.3, -0.25) is 14.5 Å². The standard InChI is InChI=1S/C17H22N4O3S/c1-13-10-15(24-19-13)11-20-5-7-21(8-6-20)16(22)2-4-18-17(23)14-3-9-25-12-14/h3,9-10,12H,2,4-8,11H2,1H3,(H,18,23). The van der Waals surface area contributed by atoms with Crippen LogP contribution in [0.25, 0.3) is 0 Å². The Kier molecular flexibility index (Phi) is 5.83. The van der Waals surface area contributed by atoms with E-state index in [1.807, 2.05) is 23.3 Å². The molecule has 3 rings (SSSR count). The summed E-state index contributed by atoms with van der Waals surface area (Å²) in [5.41, 5.74) is 1.53. The van der Waals surface area contributed by atoms with E-state index >= 15 is 0 Å². The number of thiophene rings is 1. The summed E-state index contributed by atoms with van der Waals surface area (Å²) in [4.78, 5) is 28.2. The van der Waals surface area contributed by atoms with E-state index in [1.165, 1.54) is 11.3 Å². The van der Waals surface area contributed by atoms with Crippen LogP contribution in [0.5, 0.6) is 0 Å². The lowest BCUT2D eigenvalue weighted by molar-refractivity contribution is -0.132. The van der Waals surface area contributed by atoms with E-state index in [0.29, 0.717) is 31.6 Å². The van der Waals surface area contributed by atoms with Gasteiger partial charge in [0.25, 0.3) is 5.91 Å². The predicted octanol–water partition coefficient (Wildman–Crippen LogP) is 1.51. The van der Waals surface area contributed by atoms with Crippen molar-refractivity contribution in [2.75, 3.05) is 32.7 Å². The minimum Gasteiger partial charge on any atom is -0.360 e. The second-order valence-corrected chi connectivity index (χ2v) is 6.89. The highest BCUT2D eigenvalue weighted by Gasteiger charge is 2.21. The first-order valence-electron chi connectivity index (χ1n) is 8.34. The van der Waals surface area contributed by atoms with Gasteiger partial charge in [0.15, 0.2) is 5.76 Å². The average molecular weight is 362 g/mol. The van der Waals surface area contributed by atoms with Crippen molar-refractivity contribution in [2.24, 2.45) is 0 Å². The number of amides is 2. The molecule has 1 aliphatic rings. The highest BCUT2D eigenvalue weighted by Crippen LogP contribution is 2.10. The lowest BCUT2D eigenvalue weighted by atomic mass is 10.2. The van der Waals surface area contributed by atoms with Crippen LogP contribution in [0, 0.1) is 6.92 Å². The molecule has 0 aromatic carbocycles. The van der Waals surface area contributed by atoms with Crippen molar-refractivity contribution in [1.29, 1.82) is 0 Å². The summed E-state index contributed by atoms with van der Waals surface area (Å²) in [5, 5.41) is 10.3. The minimum absolute atomic E-state index is 0.0841. The van der Waals surface area contributed by atoms with Gasteiger partial charge in [-0.1, -0.05) is 5.16 Å². The van der Waals surface area contributed by atoms with Crippen molar-refractivity contribution in [3.8, 4) is 0 Å². The molecule has 0 spiro atoms. The summed E-state index contributed by atoms with van der Waals surface area (Å²) in [7, 11) is 0. The lowest BCUT2D eigenvalue weighted by Gasteiger charge is -2.34. The third-order valence-electron chi connectivity index (χ3n) is 4.19. The van der Waals surface area contributed by atoms with Crippen LogP contribution in [0.3, 0.4) is 0 Å². The molecule has 0 bridgehead atoms. The molecule has 25 heavy (non-hydrogen) atoms. The maximum absolute atomic E-state index is 12.3. The second-order valence-electron chi connectivity index (χ2n) is 6.11. The molecule has 1 fully saturated rings. The molecule has 7 nitrogen and oxygen atoms in total. The lowest BCUT2D eigenvalue weighted by Crippen LogP contribution is -2.48. The van der Waals surface area contributed by atoms with Crippen molar-refractivity contribution in [3.63, 3.8) is 0 Å². The van der Waals surface area contributed by atoms with Gasteiger partial charge in [-0.05, 0) is 18.4 Å². The number of nitrogens with zero attached hydrogens (tertiary/aromatic N) is 3. The Hall–Kier alpha value is -2.19. The molecule has 3 heterocycles. The van der Waals surface area contributed by atoms with E-state index in [0.717, 1.165) is 31.1 Å². The van der Waals surface area contributed by atoms with Gasteiger partial charge in [-0.15, -0.1) is 0 Å². The van der Waals surface area contributed by atoms with Gasteiger partial charge in [0.05, 0.1) is 12.2 Å². The topological polar surface area (TPSA) is 78.7 Å². The molecule has 8 heteroatoms. The van der Waals surface area contributed by atoms with Crippen LogP contribution in [0.15, 0.2) is 27.4 Å². The van der Waals surface area contributed by atoms with Crippen molar-refractivity contribution in [1.82, 2.24) is 20.3 Å². The van der Waals surface area contributed by atoms with Crippen LogP contribution in [-0.4, -0.2) is 59.5 Å². The van der Waals surface area contributed by atoms with Gasteiger partial charge in [-0.2, -0.15) is 11.3 Å². The maximum atomic E-state index is 12.3. The van der Waals surface area contributed by atoms with Gasteiger partial charge >= 0.3 is 0 Å². The molecule has 2 aromatic rings. The van der Waals surface area contributed by atoms with Crippen molar-refractivity contribution < 1.29 is 14.1 Å². The number of aromatic nitrogens is 1. The minimum atomic E-state index is -0.124. The Morgan fingerprint density at radius 1 is 1.32 bits per heavy atom. The number of carbonyl (C=O) groups is 2. The highest BCUT2D eigenvalue weighted by atomic mass is 32.1. The Bertz CT molecular complexity index is 705. The first-order chi connectivity index (χ1) is 12.1. The van der Waals surface area contributed by atoms with Crippen LogP contribution in [0.1, 0.15) is 28.2 Å². The summed E-state index contributed by atoms with van der Waals surface area (Å²) in [6.45, 7) is 6.01. The molecule has 1 aliphatic heterocycles. The maximum Gasteiger partial charge on any atom is 0.252 e. The zero-order valence-electron chi connectivity index (χ0n) is 14.2. The molecule has 0 radical (unpaired) electrons. The number of hydrogen-bond donors (Lipinski definition) is 1. The van der Waals surface area contributed by atoms with Gasteiger partial charge in [-0.25, -0.2) is 0 Å². The third kappa shape index (κ3) is 4.90. The van der Waals surface area contributed by atoms with E-state index in [4.69, 9.17) is 4.52 Å². The van der Waals surface area contributed by atoms with Crippen molar-refractivity contribution >= 4 is 23.2 Å². The molecule has 134 valence electrons. The van der Waals surface area contributed by atoms with Gasteiger partial charge in [0.2, 0.25) is 5.91 Å². The third-order valence-corrected chi connectivity index (χ3v) is 4.87. The number of piperazine rings is 1. The van der Waals surface area contributed by atoms with E-state index in [2.05, 4.69) is 15.4 Å². The molecular formula is C17H22N4O3S. The SMILES string of the molecule is Cc1cc(CN2CCN(C(=O)CCNC(=O)c3ccsc3)CC2)on1. The Balaban J connectivity index is 1.36. The number of hydrogen-bond acceptors (Lipinski definition) is 6. The first-order valence-corrected chi connectivity index (χ1v) is 9.29. The summed E-state index contributed by atoms with van der Waals surface area (Å²) in [6, 6.07) is 3.71. The fraction of sp³-hybridized carbons (Fsp3) is 0.471. The molecule has 2 aromatic heterocycles. The van der Waals surface area contributed by atoms with E-state index in [1.54, 1.807) is 11.4 Å². The monoisotopic (exact) mass is 362 g/mol. The molecule has 1 saturated heterocycles. The Morgan fingerprint density at radius 3 is 2.76 bits per heavy atom. The second kappa shape index (κ2) is 8.26. The predicted molar refractivity (Wildman–Crippen MR) is 94.4 cm³/mol. The van der Waals surface area contributed by atoms with Crippen LogP contribution in [-0.2, 0) is 11.3 Å². The fourth-order valence-electron chi connectivity index (χ4n) is 2.80. The number of rotatable bonds is 6.